The summed E-state index contributed by atoms with van der Waals surface area (Å²) in [6, 6.07) is 6.49. The van der Waals surface area contributed by atoms with Crippen LogP contribution in [0.3, 0.4) is 0 Å². The Hall–Kier alpha value is -2.38. The van der Waals surface area contributed by atoms with Gasteiger partial charge in [0.1, 0.15) is 9.88 Å². The van der Waals surface area contributed by atoms with Crippen LogP contribution in [0, 0.1) is 6.92 Å². The number of halogens is 1. The van der Waals surface area contributed by atoms with Gasteiger partial charge < -0.3 is 15.8 Å². The summed E-state index contributed by atoms with van der Waals surface area (Å²) in [5.74, 6) is -1.81. The number of nitrogens with one attached hydrogen (secondary N) is 1. The number of ether oxygens (including phenoxy) is 1. The predicted molar refractivity (Wildman–Crippen MR) is 92.9 cm³/mol. The second kappa shape index (κ2) is 7.46. The lowest BCUT2D eigenvalue weighted by molar-refractivity contribution is 0.0531. The van der Waals surface area contributed by atoms with Crippen molar-refractivity contribution in [3.63, 3.8) is 0 Å². The molecule has 6 nitrogen and oxygen atoms in total. The van der Waals surface area contributed by atoms with Crippen LogP contribution in [0.5, 0.6) is 0 Å². The molecule has 0 spiro atoms. The Morgan fingerprint density at radius 2 is 1.96 bits per heavy atom. The SMILES string of the molecule is CCOC(=O)c1sc(NC(=O)c2ccccc2Cl)c(C(N)=O)c1C. The van der Waals surface area contributed by atoms with E-state index in [4.69, 9.17) is 22.1 Å². The maximum absolute atomic E-state index is 12.4. The Balaban J connectivity index is 2.41. The molecule has 1 heterocycles. The number of carbonyl (C=O) groups is 3. The first-order valence-corrected chi connectivity index (χ1v) is 8.22. The normalized spacial score (nSPS) is 10.3. The molecule has 0 saturated heterocycles. The minimum Gasteiger partial charge on any atom is -0.462 e. The van der Waals surface area contributed by atoms with Crippen LogP contribution in [0.1, 0.15) is 42.9 Å². The zero-order chi connectivity index (χ0) is 17.9. The molecule has 0 atom stereocenters. The zero-order valence-electron chi connectivity index (χ0n) is 13.0. The van der Waals surface area contributed by atoms with E-state index in [9.17, 15) is 14.4 Å². The third-order valence-electron chi connectivity index (χ3n) is 3.20. The summed E-state index contributed by atoms with van der Waals surface area (Å²) < 4.78 is 4.95. The first-order valence-electron chi connectivity index (χ1n) is 7.03. The van der Waals surface area contributed by atoms with Gasteiger partial charge in [-0.25, -0.2) is 4.79 Å². The summed E-state index contributed by atoms with van der Waals surface area (Å²) in [6.45, 7) is 3.45. The summed E-state index contributed by atoms with van der Waals surface area (Å²) in [4.78, 5) is 36.3. The number of nitrogens with two attached hydrogens (primary N) is 1. The van der Waals surface area contributed by atoms with E-state index < -0.39 is 17.8 Å². The number of anilines is 1. The molecule has 0 aliphatic heterocycles. The third-order valence-corrected chi connectivity index (χ3v) is 4.72. The summed E-state index contributed by atoms with van der Waals surface area (Å²) in [6.07, 6.45) is 0. The molecule has 8 heteroatoms. The maximum Gasteiger partial charge on any atom is 0.348 e. The van der Waals surface area contributed by atoms with Gasteiger partial charge in [0.25, 0.3) is 11.8 Å². The average molecular weight is 367 g/mol. The van der Waals surface area contributed by atoms with E-state index in [-0.39, 0.29) is 32.6 Å². The highest BCUT2D eigenvalue weighted by molar-refractivity contribution is 7.18. The highest BCUT2D eigenvalue weighted by Gasteiger charge is 2.25. The van der Waals surface area contributed by atoms with Gasteiger partial charge in [0.2, 0.25) is 0 Å². The molecule has 0 fully saturated rings. The van der Waals surface area contributed by atoms with Gasteiger partial charge in [0.05, 0.1) is 22.8 Å². The quantitative estimate of drug-likeness (QED) is 0.793. The van der Waals surface area contributed by atoms with Gasteiger partial charge in [-0.05, 0) is 31.5 Å². The van der Waals surface area contributed by atoms with Crippen molar-refractivity contribution in [2.24, 2.45) is 5.73 Å². The van der Waals surface area contributed by atoms with Crippen molar-refractivity contribution in [3.05, 3.63) is 50.9 Å². The molecule has 2 aromatic rings. The number of amides is 2. The van der Waals surface area contributed by atoms with Crippen molar-refractivity contribution >= 4 is 45.7 Å². The molecule has 1 aromatic heterocycles. The smallest absolute Gasteiger partial charge is 0.348 e. The van der Waals surface area contributed by atoms with Crippen molar-refractivity contribution in [3.8, 4) is 0 Å². The topological polar surface area (TPSA) is 98.5 Å². The largest absolute Gasteiger partial charge is 0.462 e. The number of rotatable bonds is 5. The Morgan fingerprint density at radius 3 is 2.54 bits per heavy atom. The Kier molecular flexibility index (Phi) is 5.58. The highest BCUT2D eigenvalue weighted by Crippen LogP contribution is 2.34. The van der Waals surface area contributed by atoms with Crippen LogP contribution in [0.4, 0.5) is 5.00 Å². The van der Waals surface area contributed by atoms with Gasteiger partial charge in [-0.2, -0.15) is 0 Å². The molecule has 0 aliphatic carbocycles. The van der Waals surface area contributed by atoms with Gasteiger partial charge in [-0.3, -0.25) is 9.59 Å². The first-order chi connectivity index (χ1) is 11.4. The van der Waals surface area contributed by atoms with E-state index in [1.807, 2.05) is 0 Å². The van der Waals surface area contributed by atoms with E-state index in [2.05, 4.69) is 5.32 Å². The molecular weight excluding hydrogens is 352 g/mol. The Bertz CT molecular complexity index is 816. The summed E-state index contributed by atoms with van der Waals surface area (Å²) >= 11 is 6.93. The number of hydrogen-bond donors (Lipinski definition) is 2. The minimum atomic E-state index is -0.742. The van der Waals surface area contributed by atoms with Crippen LogP contribution < -0.4 is 11.1 Å². The summed E-state index contributed by atoms with van der Waals surface area (Å²) in [7, 11) is 0. The molecule has 3 N–H and O–H groups in total. The maximum atomic E-state index is 12.4. The lowest BCUT2D eigenvalue weighted by Crippen LogP contribution is -2.17. The lowest BCUT2D eigenvalue weighted by Gasteiger charge is -2.06. The number of carbonyl (C=O) groups excluding carboxylic acids is 3. The number of hydrogen-bond acceptors (Lipinski definition) is 5. The standard InChI is InChI=1S/C16H15ClN2O4S/c1-3-23-16(22)12-8(2)11(13(18)20)15(24-12)19-14(21)9-6-4-5-7-10(9)17/h4-7H,3H2,1-2H3,(H2,18,20)(H,19,21). The van der Waals surface area contributed by atoms with E-state index in [1.165, 1.54) is 0 Å². The Morgan fingerprint density at radius 1 is 1.29 bits per heavy atom. The monoisotopic (exact) mass is 366 g/mol. The van der Waals surface area contributed by atoms with Crippen LogP contribution >= 0.6 is 22.9 Å². The molecule has 0 aliphatic rings. The molecule has 0 radical (unpaired) electrons. The first kappa shape index (κ1) is 18.0. The molecular formula is C16H15ClN2O4S. The van der Waals surface area contributed by atoms with Crippen LogP contribution in [-0.4, -0.2) is 24.4 Å². The molecule has 0 saturated carbocycles. The van der Waals surface area contributed by atoms with Crippen LogP contribution in [0.15, 0.2) is 24.3 Å². The Labute approximate surface area is 147 Å². The van der Waals surface area contributed by atoms with Gasteiger partial charge in [0.15, 0.2) is 0 Å². The lowest BCUT2D eigenvalue weighted by atomic mass is 10.1. The summed E-state index contributed by atoms with van der Waals surface area (Å²) in [5.41, 5.74) is 6.10. The number of thiophene rings is 1. The van der Waals surface area contributed by atoms with E-state index in [1.54, 1.807) is 38.1 Å². The molecule has 24 heavy (non-hydrogen) atoms. The molecule has 2 amide bonds. The van der Waals surface area contributed by atoms with Crippen LogP contribution in [0.25, 0.3) is 0 Å². The number of primary amides is 1. The number of benzene rings is 1. The average Bonchev–Trinajstić information content (AvgIpc) is 2.84. The molecule has 1 aromatic carbocycles. The van der Waals surface area contributed by atoms with Crippen molar-refractivity contribution in [2.75, 3.05) is 11.9 Å². The second-order valence-electron chi connectivity index (χ2n) is 4.78. The van der Waals surface area contributed by atoms with Gasteiger partial charge >= 0.3 is 5.97 Å². The van der Waals surface area contributed by atoms with Crippen molar-refractivity contribution in [1.29, 1.82) is 0 Å². The van der Waals surface area contributed by atoms with Crippen LogP contribution in [0.2, 0.25) is 5.02 Å². The fraction of sp³-hybridized carbons (Fsp3) is 0.188. The van der Waals surface area contributed by atoms with E-state index >= 15 is 0 Å². The fourth-order valence-corrected chi connectivity index (χ4v) is 3.43. The number of esters is 1. The molecule has 2 rings (SSSR count). The van der Waals surface area contributed by atoms with Crippen molar-refractivity contribution < 1.29 is 19.1 Å². The molecule has 0 unspecified atom stereocenters. The molecule has 126 valence electrons. The van der Waals surface area contributed by atoms with Crippen LogP contribution in [-0.2, 0) is 4.74 Å². The van der Waals surface area contributed by atoms with Crippen molar-refractivity contribution in [2.45, 2.75) is 13.8 Å². The van der Waals surface area contributed by atoms with Gasteiger partial charge in [-0.1, -0.05) is 23.7 Å². The third kappa shape index (κ3) is 3.58. The van der Waals surface area contributed by atoms with Gasteiger partial charge in [-0.15, -0.1) is 11.3 Å². The molecule has 0 bridgehead atoms. The zero-order valence-corrected chi connectivity index (χ0v) is 14.6. The van der Waals surface area contributed by atoms with Crippen molar-refractivity contribution in [1.82, 2.24) is 0 Å². The highest BCUT2D eigenvalue weighted by atomic mass is 35.5. The minimum absolute atomic E-state index is 0.0865. The summed E-state index contributed by atoms with van der Waals surface area (Å²) in [5, 5.41) is 3.05. The van der Waals surface area contributed by atoms with E-state index in [0.717, 1.165) is 11.3 Å². The van der Waals surface area contributed by atoms with E-state index in [0.29, 0.717) is 5.56 Å². The van der Waals surface area contributed by atoms with Gasteiger partial charge in [0, 0.05) is 0 Å². The second-order valence-corrected chi connectivity index (χ2v) is 6.21. The predicted octanol–water partition coefficient (Wildman–Crippen LogP) is 3.24. The fourth-order valence-electron chi connectivity index (χ4n) is 2.11.